The van der Waals surface area contributed by atoms with Crippen molar-refractivity contribution in [2.45, 2.75) is 13.0 Å². The summed E-state index contributed by atoms with van der Waals surface area (Å²) in [4.78, 5) is 4.20. The fourth-order valence-electron chi connectivity index (χ4n) is 1.71. The smallest absolute Gasteiger partial charge is 0.137 e. The molecule has 0 aliphatic rings. The van der Waals surface area contributed by atoms with Crippen LogP contribution < -0.4 is 10.5 Å². The summed E-state index contributed by atoms with van der Waals surface area (Å²) < 4.78 is 5.13. The van der Waals surface area contributed by atoms with Gasteiger partial charge in [-0.2, -0.15) is 0 Å². The van der Waals surface area contributed by atoms with E-state index in [1.54, 1.807) is 19.5 Å². The number of pyridine rings is 1. The molecule has 0 fully saturated rings. The zero-order valence-electron chi connectivity index (χ0n) is 10.4. The zero-order chi connectivity index (χ0) is 13.1. The molecule has 94 valence electrons. The summed E-state index contributed by atoms with van der Waals surface area (Å²) in [6.45, 7) is 1.93. The van der Waals surface area contributed by atoms with E-state index < -0.39 is 0 Å². The van der Waals surface area contributed by atoms with Gasteiger partial charge in [0.05, 0.1) is 12.1 Å². The molecule has 0 bridgehead atoms. The Hall–Kier alpha value is -1.58. The third-order valence-corrected chi connectivity index (χ3v) is 3.07. The maximum atomic E-state index is 6.11. The van der Waals surface area contributed by atoms with E-state index in [1.165, 1.54) is 0 Å². The molecule has 2 rings (SSSR count). The number of methoxy groups -OCH3 is 1. The van der Waals surface area contributed by atoms with Crippen molar-refractivity contribution in [1.82, 2.24) is 4.98 Å². The summed E-state index contributed by atoms with van der Waals surface area (Å²) in [5, 5.41) is 0.584. The molecule has 0 aliphatic carbocycles. The first kappa shape index (κ1) is 12.9. The van der Waals surface area contributed by atoms with Crippen LogP contribution in [0.2, 0.25) is 5.02 Å². The van der Waals surface area contributed by atoms with Crippen molar-refractivity contribution in [3.8, 4) is 16.9 Å². The molecule has 0 saturated heterocycles. The number of halogens is 1. The van der Waals surface area contributed by atoms with Gasteiger partial charge >= 0.3 is 0 Å². The lowest BCUT2D eigenvalue weighted by Crippen LogP contribution is -2.05. The topological polar surface area (TPSA) is 48.1 Å². The van der Waals surface area contributed by atoms with Crippen LogP contribution in [0.5, 0.6) is 5.75 Å². The minimum absolute atomic E-state index is 0.0360. The molecule has 1 heterocycles. The zero-order valence-corrected chi connectivity index (χ0v) is 11.1. The SMILES string of the molecule is COc1ccc(-c2cncc(C(C)N)c2)cc1Cl. The lowest BCUT2D eigenvalue weighted by atomic mass is 10.0. The Balaban J connectivity index is 2.42. The van der Waals surface area contributed by atoms with Crippen molar-refractivity contribution in [3.63, 3.8) is 0 Å². The highest BCUT2D eigenvalue weighted by molar-refractivity contribution is 6.32. The van der Waals surface area contributed by atoms with Gasteiger partial charge in [-0.1, -0.05) is 17.7 Å². The molecule has 2 N–H and O–H groups in total. The average Bonchev–Trinajstić information content (AvgIpc) is 2.38. The Morgan fingerprint density at radius 3 is 2.61 bits per heavy atom. The minimum atomic E-state index is -0.0360. The molecule has 2 aromatic rings. The summed E-state index contributed by atoms with van der Waals surface area (Å²) in [7, 11) is 1.60. The lowest BCUT2D eigenvalue weighted by molar-refractivity contribution is 0.415. The summed E-state index contributed by atoms with van der Waals surface area (Å²) in [6.07, 6.45) is 3.57. The van der Waals surface area contributed by atoms with Crippen molar-refractivity contribution in [1.29, 1.82) is 0 Å². The van der Waals surface area contributed by atoms with Crippen LogP contribution in [-0.2, 0) is 0 Å². The van der Waals surface area contributed by atoms with Gasteiger partial charge in [-0.25, -0.2) is 0 Å². The Morgan fingerprint density at radius 1 is 1.22 bits per heavy atom. The van der Waals surface area contributed by atoms with E-state index in [0.29, 0.717) is 10.8 Å². The second kappa shape index (κ2) is 5.38. The average molecular weight is 263 g/mol. The van der Waals surface area contributed by atoms with Crippen molar-refractivity contribution < 1.29 is 4.74 Å². The molecule has 0 aliphatic heterocycles. The van der Waals surface area contributed by atoms with Crippen LogP contribution in [0.3, 0.4) is 0 Å². The van der Waals surface area contributed by atoms with Crippen molar-refractivity contribution >= 4 is 11.6 Å². The van der Waals surface area contributed by atoms with Crippen molar-refractivity contribution in [3.05, 3.63) is 47.2 Å². The number of ether oxygens (including phenoxy) is 1. The quantitative estimate of drug-likeness (QED) is 0.922. The maximum Gasteiger partial charge on any atom is 0.137 e. The Labute approximate surface area is 112 Å². The molecule has 0 spiro atoms. The summed E-state index contributed by atoms with van der Waals surface area (Å²) in [5.74, 6) is 0.664. The highest BCUT2D eigenvalue weighted by Crippen LogP contribution is 2.30. The highest BCUT2D eigenvalue weighted by Gasteiger charge is 2.06. The van der Waals surface area contributed by atoms with Gasteiger partial charge in [-0.15, -0.1) is 0 Å². The predicted octanol–water partition coefficient (Wildman–Crippen LogP) is 3.43. The summed E-state index contributed by atoms with van der Waals surface area (Å²) in [6, 6.07) is 7.65. The summed E-state index contributed by atoms with van der Waals surface area (Å²) >= 11 is 6.11. The lowest BCUT2D eigenvalue weighted by Gasteiger charge is -2.09. The van der Waals surface area contributed by atoms with E-state index >= 15 is 0 Å². The molecule has 18 heavy (non-hydrogen) atoms. The first-order valence-corrected chi connectivity index (χ1v) is 6.04. The molecule has 1 unspecified atom stereocenters. The van der Waals surface area contributed by atoms with Crippen LogP contribution in [0.1, 0.15) is 18.5 Å². The Morgan fingerprint density at radius 2 is 2.00 bits per heavy atom. The van der Waals surface area contributed by atoms with E-state index in [4.69, 9.17) is 22.1 Å². The Bertz CT molecular complexity index is 555. The molecule has 3 nitrogen and oxygen atoms in total. The Kier molecular flexibility index (Phi) is 3.84. The van der Waals surface area contributed by atoms with Gasteiger partial charge in [0.2, 0.25) is 0 Å². The molecule has 0 amide bonds. The van der Waals surface area contributed by atoms with Gasteiger partial charge in [-0.3, -0.25) is 4.98 Å². The monoisotopic (exact) mass is 262 g/mol. The highest BCUT2D eigenvalue weighted by atomic mass is 35.5. The van der Waals surface area contributed by atoms with Crippen LogP contribution in [0.15, 0.2) is 36.7 Å². The van der Waals surface area contributed by atoms with E-state index in [2.05, 4.69) is 4.98 Å². The molecule has 0 radical (unpaired) electrons. The molecule has 0 saturated carbocycles. The molecule has 4 heteroatoms. The number of aromatic nitrogens is 1. The molecule has 1 aromatic heterocycles. The summed E-state index contributed by atoms with van der Waals surface area (Å²) in [5.41, 5.74) is 8.84. The maximum absolute atomic E-state index is 6.11. The normalized spacial score (nSPS) is 12.2. The number of hydrogen-bond acceptors (Lipinski definition) is 3. The number of rotatable bonds is 3. The number of nitrogens with zero attached hydrogens (tertiary/aromatic N) is 1. The fourth-order valence-corrected chi connectivity index (χ4v) is 1.97. The van der Waals surface area contributed by atoms with E-state index in [1.807, 2.05) is 31.2 Å². The fraction of sp³-hybridized carbons (Fsp3) is 0.214. The van der Waals surface area contributed by atoms with Gasteiger partial charge in [-0.05, 0) is 36.2 Å². The van der Waals surface area contributed by atoms with Crippen LogP contribution in [0.25, 0.3) is 11.1 Å². The first-order valence-electron chi connectivity index (χ1n) is 5.66. The van der Waals surface area contributed by atoms with Crippen molar-refractivity contribution in [2.75, 3.05) is 7.11 Å². The predicted molar refractivity (Wildman–Crippen MR) is 73.8 cm³/mol. The second-order valence-corrected chi connectivity index (χ2v) is 4.55. The third kappa shape index (κ3) is 2.63. The second-order valence-electron chi connectivity index (χ2n) is 4.14. The standard InChI is InChI=1S/C14H15ClN2O/c1-9(16)11-5-12(8-17-7-11)10-3-4-14(18-2)13(15)6-10/h3-9H,16H2,1-2H3. The van der Waals surface area contributed by atoms with Crippen LogP contribution in [0, 0.1) is 0 Å². The molecule has 1 atom stereocenters. The third-order valence-electron chi connectivity index (χ3n) is 2.77. The number of benzene rings is 1. The van der Waals surface area contributed by atoms with Gasteiger partial charge in [0.1, 0.15) is 5.75 Å². The van der Waals surface area contributed by atoms with Crippen LogP contribution in [0.4, 0.5) is 0 Å². The van der Waals surface area contributed by atoms with Crippen molar-refractivity contribution in [2.24, 2.45) is 5.73 Å². The van der Waals surface area contributed by atoms with Crippen LogP contribution in [-0.4, -0.2) is 12.1 Å². The van der Waals surface area contributed by atoms with Crippen LogP contribution >= 0.6 is 11.6 Å². The van der Waals surface area contributed by atoms with Gasteiger partial charge in [0, 0.05) is 24.0 Å². The van der Waals surface area contributed by atoms with E-state index in [9.17, 15) is 0 Å². The molecular formula is C14H15ClN2O. The van der Waals surface area contributed by atoms with E-state index in [-0.39, 0.29) is 6.04 Å². The van der Waals surface area contributed by atoms with Gasteiger partial charge in [0.25, 0.3) is 0 Å². The molecular weight excluding hydrogens is 248 g/mol. The van der Waals surface area contributed by atoms with Gasteiger partial charge in [0.15, 0.2) is 0 Å². The first-order chi connectivity index (χ1) is 8.61. The molecule has 1 aromatic carbocycles. The minimum Gasteiger partial charge on any atom is -0.495 e. The number of hydrogen-bond donors (Lipinski definition) is 1. The largest absolute Gasteiger partial charge is 0.495 e. The van der Waals surface area contributed by atoms with Gasteiger partial charge < -0.3 is 10.5 Å². The van der Waals surface area contributed by atoms with E-state index in [0.717, 1.165) is 16.7 Å². The number of nitrogens with two attached hydrogens (primary N) is 1.